The van der Waals surface area contributed by atoms with Crippen molar-refractivity contribution in [1.29, 1.82) is 0 Å². The number of anilines is 1. The second-order valence-electron chi connectivity index (χ2n) is 4.69. The van der Waals surface area contributed by atoms with Crippen molar-refractivity contribution in [2.24, 2.45) is 5.73 Å². The summed E-state index contributed by atoms with van der Waals surface area (Å²) in [6, 6.07) is 3.21. The van der Waals surface area contributed by atoms with Crippen LogP contribution in [0.4, 0.5) is 5.82 Å². The Morgan fingerprint density at radius 1 is 1.53 bits per heavy atom. The van der Waals surface area contributed by atoms with Gasteiger partial charge in [-0.2, -0.15) is 0 Å². The molecule has 1 aromatic rings. The summed E-state index contributed by atoms with van der Waals surface area (Å²) >= 11 is 4.92. The Labute approximate surface area is 118 Å². The smallest absolute Gasteiger partial charge is 0.244 e. The normalized spacial score (nSPS) is 16.2. The van der Waals surface area contributed by atoms with Crippen molar-refractivity contribution in [1.82, 2.24) is 9.88 Å². The number of pyridine rings is 1. The SMILES string of the molecule is CC(Nc1cc(C(N)=S)ccn1)C(=O)N1CCCC1. The van der Waals surface area contributed by atoms with Crippen molar-refractivity contribution in [2.75, 3.05) is 18.4 Å². The maximum atomic E-state index is 12.2. The Hall–Kier alpha value is -1.69. The second-order valence-corrected chi connectivity index (χ2v) is 5.13. The predicted molar refractivity (Wildman–Crippen MR) is 79.0 cm³/mol. The first-order chi connectivity index (χ1) is 9.08. The third kappa shape index (κ3) is 3.41. The molecular formula is C13H18N4OS. The lowest BCUT2D eigenvalue weighted by molar-refractivity contribution is -0.130. The molecule has 1 fully saturated rings. The molecule has 3 N–H and O–H groups in total. The van der Waals surface area contributed by atoms with E-state index in [1.54, 1.807) is 18.3 Å². The number of nitrogens with one attached hydrogen (secondary N) is 1. The van der Waals surface area contributed by atoms with Gasteiger partial charge in [-0.3, -0.25) is 4.79 Å². The van der Waals surface area contributed by atoms with Gasteiger partial charge in [-0.15, -0.1) is 0 Å². The molecule has 19 heavy (non-hydrogen) atoms. The first-order valence-corrected chi connectivity index (χ1v) is 6.80. The molecule has 1 aromatic heterocycles. The molecule has 2 heterocycles. The van der Waals surface area contributed by atoms with Crippen LogP contribution < -0.4 is 11.1 Å². The molecule has 1 saturated heterocycles. The van der Waals surface area contributed by atoms with Crippen LogP contribution in [0.1, 0.15) is 25.3 Å². The number of rotatable bonds is 4. The fraction of sp³-hybridized carbons (Fsp3) is 0.462. The summed E-state index contributed by atoms with van der Waals surface area (Å²) in [6.45, 7) is 3.55. The number of nitrogens with two attached hydrogens (primary N) is 1. The predicted octanol–water partition coefficient (Wildman–Crippen LogP) is 1.14. The van der Waals surface area contributed by atoms with E-state index in [1.807, 2.05) is 11.8 Å². The van der Waals surface area contributed by atoms with Crippen LogP contribution >= 0.6 is 12.2 Å². The van der Waals surface area contributed by atoms with E-state index >= 15 is 0 Å². The molecule has 1 amide bonds. The van der Waals surface area contributed by atoms with Gasteiger partial charge < -0.3 is 16.0 Å². The summed E-state index contributed by atoms with van der Waals surface area (Å²) in [6.07, 6.45) is 3.81. The van der Waals surface area contributed by atoms with E-state index < -0.39 is 0 Å². The lowest BCUT2D eigenvalue weighted by atomic mass is 10.2. The van der Waals surface area contributed by atoms with E-state index in [9.17, 15) is 4.79 Å². The number of nitrogens with zero attached hydrogens (tertiary/aromatic N) is 2. The van der Waals surface area contributed by atoms with E-state index in [4.69, 9.17) is 18.0 Å². The molecule has 2 rings (SSSR count). The molecule has 1 aliphatic heterocycles. The minimum Gasteiger partial charge on any atom is -0.389 e. The lowest BCUT2D eigenvalue weighted by Crippen LogP contribution is -2.39. The van der Waals surface area contributed by atoms with Crippen molar-refractivity contribution in [3.63, 3.8) is 0 Å². The largest absolute Gasteiger partial charge is 0.389 e. The Bertz CT molecular complexity index is 485. The van der Waals surface area contributed by atoms with Gasteiger partial charge in [0.15, 0.2) is 0 Å². The molecule has 0 radical (unpaired) electrons. The standard InChI is InChI=1S/C13H18N4OS/c1-9(13(18)17-6-2-3-7-17)16-11-8-10(12(14)19)4-5-15-11/h4-5,8-9H,2-3,6-7H2,1H3,(H2,14,19)(H,15,16). The van der Waals surface area contributed by atoms with E-state index in [0.717, 1.165) is 31.5 Å². The van der Waals surface area contributed by atoms with Crippen LogP contribution in [0.2, 0.25) is 0 Å². The van der Waals surface area contributed by atoms with Crippen LogP contribution in [-0.2, 0) is 4.79 Å². The quantitative estimate of drug-likeness (QED) is 0.808. The first-order valence-electron chi connectivity index (χ1n) is 6.39. The highest BCUT2D eigenvalue weighted by Gasteiger charge is 2.23. The molecule has 0 aliphatic carbocycles. The van der Waals surface area contributed by atoms with Crippen LogP contribution in [0.25, 0.3) is 0 Å². The summed E-state index contributed by atoms with van der Waals surface area (Å²) in [5, 5.41) is 3.10. The molecule has 0 aromatic carbocycles. The third-order valence-corrected chi connectivity index (χ3v) is 3.43. The third-order valence-electron chi connectivity index (χ3n) is 3.20. The molecule has 6 heteroatoms. The highest BCUT2D eigenvalue weighted by molar-refractivity contribution is 7.80. The average molecular weight is 278 g/mol. The maximum Gasteiger partial charge on any atom is 0.244 e. The van der Waals surface area contributed by atoms with Crippen molar-refractivity contribution >= 4 is 28.9 Å². The van der Waals surface area contributed by atoms with E-state index in [1.165, 1.54) is 0 Å². The van der Waals surface area contributed by atoms with Crippen LogP contribution in [0, 0.1) is 0 Å². The molecular weight excluding hydrogens is 260 g/mol. The molecule has 1 unspecified atom stereocenters. The number of aromatic nitrogens is 1. The van der Waals surface area contributed by atoms with Gasteiger partial charge in [0, 0.05) is 24.8 Å². The minimum absolute atomic E-state index is 0.111. The minimum atomic E-state index is -0.299. The zero-order chi connectivity index (χ0) is 13.8. The number of carbonyl (C=O) groups excluding carboxylic acids is 1. The van der Waals surface area contributed by atoms with Crippen LogP contribution in [0.3, 0.4) is 0 Å². The number of likely N-dealkylation sites (tertiary alicyclic amines) is 1. The fourth-order valence-corrected chi connectivity index (χ4v) is 2.28. The van der Waals surface area contributed by atoms with Gasteiger partial charge in [-0.05, 0) is 31.9 Å². The van der Waals surface area contributed by atoms with Crippen molar-refractivity contribution in [3.8, 4) is 0 Å². The molecule has 5 nitrogen and oxygen atoms in total. The summed E-state index contributed by atoms with van der Waals surface area (Å²) in [4.78, 5) is 18.5. The molecule has 102 valence electrons. The molecule has 1 aliphatic rings. The van der Waals surface area contributed by atoms with Crippen LogP contribution in [0.15, 0.2) is 18.3 Å². The summed E-state index contributed by atoms with van der Waals surface area (Å²) in [7, 11) is 0. The molecule has 1 atom stereocenters. The second kappa shape index (κ2) is 5.97. The first kappa shape index (κ1) is 13.7. The average Bonchev–Trinajstić information content (AvgIpc) is 2.92. The summed E-state index contributed by atoms with van der Waals surface area (Å²) < 4.78 is 0. The van der Waals surface area contributed by atoms with Crippen LogP contribution in [0.5, 0.6) is 0 Å². The lowest BCUT2D eigenvalue weighted by Gasteiger charge is -2.21. The fourth-order valence-electron chi connectivity index (χ4n) is 2.16. The molecule has 0 spiro atoms. The number of thiocarbonyl (C=S) groups is 1. The Morgan fingerprint density at radius 2 is 2.21 bits per heavy atom. The summed E-state index contributed by atoms with van der Waals surface area (Å²) in [5.74, 6) is 0.727. The van der Waals surface area contributed by atoms with Crippen LogP contribution in [-0.4, -0.2) is 39.9 Å². The monoisotopic (exact) mass is 278 g/mol. The van der Waals surface area contributed by atoms with Gasteiger partial charge in [0.2, 0.25) is 5.91 Å². The topological polar surface area (TPSA) is 71.2 Å². The molecule has 0 saturated carbocycles. The van der Waals surface area contributed by atoms with E-state index in [0.29, 0.717) is 10.8 Å². The van der Waals surface area contributed by atoms with Gasteiger partial charge in [0.25, 0.3) is 0 Å². The van der Waals surface area contributed by atoms with Gasteiger partial charge in [-0.1, -0.05) is 12.2 Å². The van der Waals surface area contributed by atoms with Gasteiger partial charge >= 0.3 is 0 Å². The van der Waals surface area contributed by atoms with Crippen molar-refractivity contribution < 1.29 is 4.79 Å². The van der Waals surface area contributed by atoms with Gasteiger partial charge in [-0.25, -0.2) is 4.98 Å². The zero-order valence-electron chi connectivity index (χ0n) is 10.9. The summed E-state index contributed by atoms with van der Waals surface area (Å²) in [5.41, 5.74) is 6.32. The Kier molecular flexibility index (Phi) is 4.31. The van der Waals surface area contributed by atoms with Gasteiger partial charge in [0.1, 0.15) is 16.8 Å². The number of carbonyl (C=O) groups is 1. The van der Waals surface area contributed by atoms with Crippen molar-refractivity contribution in [3.05, 3.63) is 23.9 Å². The Morgan fingerprint density at radius 3 is 2.84 bits per heavy atom. The Balaban J connectivity index is 2.01. The molecule has 0 bridgehead atoms. The van der Waals surface area contributed by atoms with E-state index in [-0.39, 0.29) is 11.9 Å². The number of amides is 1. The number of hydrogen-bond acceptors (Lipinski definition) is 4. The van der Waals surface area contributed by atoms with E-state index in [2.05, 4.69) is 10.3 Å². The maximum absolute atomic E-state index is 12.2. The number of hydrogen-bond donors (Lipinski definition) is 2. The van der Waals surface area contributed by atoms with Gasteiger partial charge in [0.05, 0.1) is 0 Å². The highest BCUT2D eigenvalue weighted by atomic mass is 32.1. The zero-order valence-corrected chi connectivity index (χ0v) is 11.7. The van der Waals surface area contributed by atoms with Crippen molar-refractivity contribution in [2.45, 2.75) is 25.8 Å². The highest BCUT2D eigenvalue weighted by Crippen LogP contribution is 2.12.